The van der Waals surface area contributed by atoms with Gasteiger partial charge in [-0.3, -0.25) is 14.7 Å². The monoisotopic (exact) mass is 371 g/mol. The van der Waals surface area contributed by atoms with Crippen molar-refractivity contribution in [2.75, 3.05) is 47.3 Å². The fourth-order valence-corrected chi connectivity index (χ4v) is 3.48. The number of likely N-dealkylation sites (N-methyl/N-ethyl adjacent to an activating group) is 2. The molecule has 2 heterocycles. The van der Waals surface area contributed by atoms with Gasteiger partial charge in [-0.15, -0.1) is 0 Å². The summed E-state index contributed by atoms with van der Waals surface area (Å²) in [4.78, 5) is 31.6. The van der Waals surface area contributed by atoms with Crippen LogP contribution in [0.4, 0.5) is 0 Å². The number of aromatic nitrogens is 2. The van der Waals surface area contributed by atoms with Crippen molar-refractivity contribution >= 4 is 5.91 Å². The van der Waals surface area contributed by atoms with Crippen molar-refractivity contribution in [3.05, 3.63) is 52.4 Å². The van der Waals surface area contributed by atoms with E-state index in [1.54, 1.807) is 0 Å². The number of hydrogen-bond donors (Lipinski definition) is 1. The van der Waals surface area contributed by atoms with Crippen LogP contribution < -0.4 is 5.56 Å². The Balaban J connectivity index is 1.70. The molecule has 1 aliphatic heterocycles. The number of carbonyl (C=O) groups is 1. The number of hydrogen-bond acceptors (Lipinski definition) is 4. The molecule has 1 aromatic heterocycles. The number of nitrogens with zero attached hydrogens (tertiary/aromatic N) is 4. The number of aromatic amines is 1. The molecule has 0 saturated carbocycles. The van der Waals surface area contributed by atoms with Crippen LogP contribution in [0.15, 0.2) is 41.2 Å². The smallest absolute Gasteiger partial charge is 0.272 e. The third kappa shape index (κ3) is 4.67. The van der Waals surface area contributed by atoms with Crippen molar-refractivity contribution in [2.45, 2.75) is 18.9 Å². The quantitative estimate of drug-likeness (QED) is 0.830. The lowest BCUT2D eigenvalue weighted by molar-refractivity contribution is 0.0597. The molecule has 1 atom stereocenters. The van der Waals surface area contributed by atoms with Gasteiger partial charge in [0.1, 0.15) is 5.69 Å². The van der Waals surface area contributed by atoms with Crippen LogP contribution in [0.2, 0.25) is 0 Å². The maximum absolute atomic E-state index is 12.9. The molecular weight excluding hydrogens is 342 g/mol. The van der Waals surface area contributed by atoms with E-state index in [1.807, 2.05) is 35.2 Å². The van der Waals surface area contributed by atoms with E-state index in [1.165, 1.54) is 10.7 Å². The van der Waals surface area contributed by atoms with E-state index in [4.69, 9.17) is 0 Å². The molecule has 0 radical (unpaired) electrons. The molecule has 0 aliphatic carbocycles. The zero-order valence-corrected chi connectivity index (χ0v) is 16.4. The topological polar surface area (TPSA) is 64.6 Å². The lowest BCUT2D eigenvalue weighted by Gasteiger charge is -2.37. The molecule has 1 aliphatic rings. The highest BCUT2D eigenvalue weighted by molar-refractivity contribution is 5.92. The number of para-hydroxylation sites is 1. The summed E-state index contributed by atoms with van der Waals surface area (Å²) < 4.78 is 1.41. The summed E-state index contributed by atoms with van der Waals surface area (Å²) in [7, 11) is 6.26. The highest BCUT2D eigenvalue weighted by atomic mass is 16.2. The van der Waals surface area contributed by atoms with E-state index >= 15 is 0 Å². The number of likely N-dealkylation sites (tertiary alicyclic amines) is 1. The Hall–Kier alpha value is -2.38. The van der Waals surface area contributed by atoms with Gasteiger partial charge in [-0.05, 0) is 46.1 Å². The number of amides is 1. The SMILES string of the molecule is CN(C)CCN(C)C1CCCN(C(=O)c2cc(=O)n(-c3ccccc3)[nH]2)C1. The Morgan fingerprint density at radius 1 is 1.19 bits per heavy atom. The molecule has 1 saturated heterocycles. The van der Waals surface area contributed by atoms with Gasteiger partial charge in [0.15, 0.2) is 0 Å². The van der Waals surface area contributed by atoms with Crippen LogP contribution in [0.25, 0.3) is 5.69 Å². The largest absolute Gasteiger partial charge is 0.336 e. The first-order valence-electron chi connectivity index (χ1n) is 9.47. The maximum Gasteiger partial charge on any atom is 0.272 e. The molecule has 27 heavy (non-hydrogen) atoms. The predicted molar refractivity (Wildman–Crippen MR) is 106 cm³/mol. The van der Waals surface area contributed by atoms with Gasteiger partial charge in [0.25, 0.3) is 11.5 Å². The summed E-state index contributed by atoms with van der Waals surface area (Å²) in [5.41, 5.74) is 0.850. The van der Waals surface area contributed by atoms with Crippen LogP contribution in [0.5, 0.6) is 0 Å². The Morgan fingerprint density at radius 3 is 2.63 bits per heavy atom. The summed E-state index contributed by atoms with van der Waals surface area (Å²) in [6, 6.07) is 11.0. The Bertz CT molecular complexity index is 811. The van der Waals surface area contributed by atoms with Crippen molar-refractivity contribution in [3.8, 4) is 5.69 Å². The standard InChI is InChI=1S/C20H29N5O2/c1-22(2)12-13-23(3)17-10-7-11-24(15-17)20(27)18-14-19(26)25(21-18)16-8-5-4-6-9-16/h4-6,8-9,14,17,21H,7,10-13,15H2,1-3H3. The predicted octanol–water partition coefficient (Wildman–Crippen LogP) is 1.26. The van der Waals surface area contributed by atoms with Crippen molar-refractivity contribution < 1.29 is 4.79 Å². The number of nitrogens with one attached hydrogen (secondary N) is 1. The second-order valence-corrected chi connectivity index (χ2v) is 7.51. The summed E-state index contributed by atoms with van der Waals surface area (Å²) >= 11 is 0. The molecule has 1 aromatic carbocycles. The van der Waals surface area contributed by atoms with Crippen LogP contribution >= 0.6 is 0 Å². The number of benzene rings is 1. The Morgan fingerprint density at radius 2 is 1.93 bits per heavy atom. The minimum absolute atomic E-state index is 0.104. The minimum Gasteiger partial charge on any atom is -0.336 e. The van der Waals surface area contributed by atoms with Gasteiger partial charge in [-0.2, -0.15) is 0 Å². The molecule has 146 valence electrons. The molecular formula is C20H29N5O2. The fraction of sp³-hybridized carbons (Fsp3) is 0.500. The second kappa shape index (κ2) is 8.54. The fourth-order valence-electron chi connectivity index (χ4n) is 3.48. The van der Waals surface area contributed by atoms with Gasteiger partial charge in [-0.1, -0.05) is 18.2 Å². The number of piperidine rings is 1. The summed E-state index contributed by atoms with van der Waals surface area (Å²) in [5, 5.41) is 2.97. The molecule has 7 nitrogen and oxygen atoms in total. The lowest BCUT2D eigenvalue weighted by Crippen LogP contribution is -2.49. The first-order valence-corrected chi connectivity index (χ1v) is 9.47. The number of carbonyl (C=O) groups excluding carboxylic acids is 1. The molecule has 0 bridgehead atoms. The lowest BCUT2D eigenvalue weighted by atomic mass is 10.0. The summed E-state index contributed by atoms with van der Waals surface area (Å²) in [6.45, 7) is 3.39. The zero-order chi connectivity index (χ0) is 19.4. The highest BCUT2D eigenvalue weighted by Gasteiger charge is 2.28. The third-order valence-electron chi connectivity index (χ3n) is 5.17. The minimum atomic E-state index is -0.221. The molecule has 1 amide bonds. The number of H-pyrrole nitrogens is 1. The molecule has 7 heteroatoms. The van der Waals surface area contributed by atoms with Gasteiger partial charge < -0.3 is 14.7 Å². The normalized spacial score (nSPS) is 17.7. The van der Waals surface area contributed by atoms with Crippen LogP contribution in [-0.2, 0) is 0 Å². The van der Waals surface area contributed by atoms with Gasteiger partial charge in [0.2, 0.25) is 0 Å². The van der Waals surface area contributed by atoms with Crippen LogP contribution in [0.3, 0.4) is 0 Å². The molecule has 0 spiro atoms. The first-order chi connectivity index (χ1) is 13.0. The summed E-state index contributed by atoms with van der Waals surface area (Å²) in [6.07, 6.45) is 2.07. The van der Waals surface area contributed by atoms with Crippen LogP contribution in [0, 0.1) is 0 Å². The first kappa shape index (κ1) is 19.4. The van der Waals surface area contributed by atoms with E-state index in [-0.39, 0.29) is 11.5 Å². The van der Waals surface area contributed by atoms with E-state index in [0.717, 1.165) is 38.2 Å². The van der Waals surface area contributed by atoms with Crippen molar-refractivity contribution in [3.63, 3.8) is 0 Å². The molecule has 1 fully saturated rings. The van der Waals surface area contributed by atoms with Crippen molar-refractivity contribution in [1.82, 2.24) is 24.5 Å². The zero-order valence-electron chi connectivity index (χ0n) is 16.4. The number of rotatable bonds is 6. The third-order valence-corrected chi connectivity index (χ3v) is 5.17. The summed E-state index contributed by atoms with van der Waals surface area (Å²) in [5.74, 6) is -0.104. The van der Waals surface area contributed by atoms with E-state index < -0.39 is 0 Å². The van der Waals surface area contributed by atoms with Crippen LogP contribution in [-0.4, -0.2) is 83.8 Å². The average Bonchev–Trinajstić information content (AvgIpc) is 3.08. The molecule has 1 unspecified atom stereocenters. The Kier molecular flexibility index (Phi) is 6.13. The van der Waals surface area contributed by atoms with Gasteiger partial charge in [0.05, 0.1) is 5.69 Å². The molecule has 3 rings (SSSR count). The Labute approximate surface area is 160 Å². The van der Waals surface area contributed by atoms with E-state index in [2.05, 4.69) is 36.0 Å². The van der Waals surface area contributed by atoms with Crippen LogP contribution in [0.1, 0.15) is 23.3 Å². The van der Waals surface area contributed by atoms with Gasteiger partial charge in [-0.25, -0.2) is 4.68 Å². The average molecular weight is 371 g/mol. The molecule has 1 N–H and O–H groups in total. The van der Waals surface area contributed by atoms with Crippen molar-refractivity contribution in [1.29, 1.82) is 0 Å². The maximum atomic E-state index is 12.9. The van der Waals surface area contributed by atoms with E-state index in [9.17, 15) is 9.59 Å². The molecule has 2 aromatic rings. The van der Waals surface area contributed by atoms with Crippen molar-refractivity contribution in [2.24, 2.45) is 0 Å². The highest BCUT2D eigenvalue weighted by Crippen LogP contribution is 2.17. The van der Waals surface area contributed by atoms with E-state index in [0.29, 0.717) is 18.3 Å². The van der Waals surface area contributed by atoms with Gasteiger partial charge >= 0.3 is 0 Å². The second-order valence-electron chi connectivity index (χ2n) is 7.51. The van der Waals surface area contributed by atoms with Gasteiger partial charge in [0, 0.05) is 38.3 Å².